The van der Waals surface area contributed by atoms with Crippen molar-refractivity contribution < 1.29 is 0 Å². The minimum Gasteiger partial charge on any atom is -0.398 e. The van der Waals surface area contributed by atoms with Crippen LogP contribution in [-0.2, 0) is 4.08 Å². The summed E-state index contributed by atoms with van der Waals surface area (Å²) in [6.45, 7) is 2.25. The maximum Gasteiger partial charge on any atom is 0.0860 e. The van der Waals surface area contributed by atoms with Gasteiger partial charge in [-0.05, 0) is 42.0 Å². The van der Waals surface area contributed by atoms with Gasteiger partial charge in [-0.15, -0.1) is 23.5 Å². The SMILES string of the molecule is CCCCC1(c2ccc(Cl)c(N)c2)SCCCS1. The first-order chi connectivity index (χ1) is 8.68. The Morgan fingerprint density at radius 2 is 2.06 bits per heavy atom. The summed E-state index contributed by atoms with van der Waals surface area (Å²) >= 11 is 10.2. The van der Waals surface area contributed by atoms with Crippen molar-refractivity contribution in [2.24, 2.45) is 0 Å². The van der Waals surface area contributed by atoms with Crippen LogP contribution in [0.1, 0.15) is 38.2 Å². The molecule has 1 aromatic carbocycles. The summed E-state index contributed by atoms with van der Waals surface area (Å²) in [7, 11) is 0. The molecule has 0 amide bonds. The molecule has 2 rings (SSSR count). The van der Waals surface area contributed by atoms with Gasteiger partial charge in [-0.25, -0.2) is 0 Å². The first kappa shape index (κ1) is 14.4. The van der Waals surface area contributed by atoms with E-state index in [0.29, 0.717) is 10.7 Å². The Kier molecular flexibility index (Phi) is 5.16. The number of unbranched alkanes of at least 4 members (excludes halogenated alkanes) is 1. The van der Waals surface area contributed by atoms with E-state index in [0.717, 1.165) is 0 Å². The fraction of sp³-hybridized carbons (Fsp3) is 0.571. The fourth-order valence-corrected chi connectivity index (χ4v) is 5.76. The molecule has 0 unspecified atom stereocenters. The van der Waals surface area contributed by atoms with Crippen LogP contribution in [0.15, 0.2) is 18.2 Å². The van der Waals surface area contributed by atoms with Crippen LogP contribution < -0.4 is 5.73 Å². The number of hydrogen-bond donors (Lipinski definition) is 1. The molecule has 0 saturated carbocycles. The van der Waals surface area contributed by atoms with Crippen molar-refractivity contribution in [1.82, 2.24) is 0 Å². The average molecular weight is 302 g/mol. The Balaban J connectivity index is 2.29. The molecule has 1 fully saturated rings. The zero-order chi connectivity index (χ0) is 13.0. The second-order valence-electron chi connectivity index (χ2n) is 4.64. The molecule has 18 heavy (non-hydrogen) atoms. The lowest BCUT2D eigenvalue weighted by Crippen LogP contribution is -2.23. The summed E-state index contributed by atoms with van der Waals surface area (Å²) < 4.78 is 0.201. The van der Waals surface area contributed by atoms with E-state index in [1.807, 2.05) is 6.07 Å². The molecule has 100 valence electrons. The molecule has 0 bridgehead atoms. The first-order valence-corrected chi connectivity index (χ1v) is 8.86. The number of benzene rings is 1. The third kappa shape index (κ3) is 3.12. The molecule has 1 aliphatic rings. The molecule has 0 radical (unpaired) electrons. The Morgan fingerprint density at radius 1 is 1.33 bits per heavy atom. The van der Waals surface area contributed by atoms with E-state index in [2.05, 4.69) is 42.6 Å². The quantitative estimate of drug-likeness (QED) is 0.780. The highest BCUT2D eigenvalue weighted by Gasteiger charge is 2.35. The van der Waals surface area contributed by atoms with Gasteiger partial charge in [-0.3, -0.25) is 0 Å². The van der Waals surface area contributed by atoms with E-state index in [1.165, 1.54) is 42.8 Å². The molecule has 0 spiro atoms. The van der Waals surface area contributed by atoms with E-state index < -0.39 is 0 Å². The lowest BCUT2D eigenvalue weighted by atomic mass is 10.1. The van der Waals surface area contributed by atoms with Crippen LogP contribution in [0, 0.1) is 0 Å². The van der Waals surface area contributed by atoms with Gasteiger partial charge in [-0.2, -0.15) is 0 Å². The minimum absolute atomic E-state index is 0.201. The predicted octanol–water partition coefficient (Wildman–Crippen LogP) is 5.14. The van der Waals surface area contributed by atoms with Crippen LogP contribution in [0.4, 0.5) is 5.69 Å². The molecule has 1 aliphatic heterocycles. The third-order valence-corrected chi connectivity index (χ3v) is 7.10. The summed E-state index contributed by atoms with van der Waals surface area (Å²) in [5.74, 6) is 2.50. The van der Waals surface area contributed by atoms with E-state index in [4.69, 9.17) is 17.3 Å². The van der Waals surface area contributed by atoms with E-state index in [-0.39, 0.29) is 4.08 Å². The van der Waals surface area contributed by atoms with Gasteiger partial charge in [0.2, 0.25) is 0 Å². The van der Waals surface area contributed by atoms with Crippen molar-refractivity contribution in [3.63, 3.8) is 0 Å². The minimum atomic E-state index is 0.201. The lowest BCUT2D eigenvalue weighted by molar-refractivity contribution is 0.671. The van der Waals surface area contributed by atoms with Gasteiger partial charge in [-0.1, -0.05) is 37.4 Å². The Labute approximate surface area is 123 Å². The summed E-state index contributed by atoms with van der Waals surface area (Å²) in [6.07, 6.45) is 5.04. The third-order valence-electron chi connectivity index (χ3n) is 3.25. The number of hydrogen-bond acceptors (Lipinski definition) is 3. The number of anilines is 1. The molecule has 0 aromatic heterocycles. The van der Waals surface area contributed by atoms with Crippen LogP contribution in [0.5, 0.6) is 0 Å². The molecule has 2 N–H and O–H groups in total. The molecule has 1 nitrogen and oxygen atoms in total. The molecular weight excluding hydrogens is 282 g/mol. The molecule has 1 heterocycles. The zero-order valence-electron chi connectivity index (χ0n) is 10.7. The van der Waals surface area contributed by atoms with Crippen molar-refractivity contribution in [2.45, 2.75) is 36.7 Å². The molecule has 1 aromatic rings. The maximum atomic E-state index is 6.03. The number of halogens is 1. The van der Waals surface area contributed by atoms with E-state index in [1.54, 1.807) is 0 Å². The second-order valence-corrected chi connectivity index (χ2v) is 8.10. The highest BCUT2D eigenvalue weighted by Crippen LogP contribution is 2.54. The summed E-state index contributed by atoms with van der Waals surface area (Å²) in [5.41, 5.74) is 8.01. The average Bonchev–Trinajstić information content (AvgIpc) is 2.40. The van der Waals surface area contributed by atoms with Gasteiger partial charge in [0.25, 0.3) is 0 Å². The Morgan fingerprint density at radius 3 is 2.67 bits per heavy atom. The molecule has 0 aliphatic carbocycles. The lowest BCUT2D eigenvalue weighted by Gasteiger charge is -2.37. The van der Waals surface area contributed by atoms with Crippen molar-refractivity contribution in [3.05, 3.63) is 28.8 Å². The van der Waals surface area contributed by atoms with Crippen LogP contribution in [0.3, 0.4) is 0 Å². The predicted molar refractivity (Wildman–Crippen MR) is 86.6 cm³/mol. The van der Waals surface area contributed by atoms with Crippen molar-refractivity contribution in [2.75, 3.05) is 17.2 Å². The van der Waals surface area contributed by atoms with Gasteiger partial charge < -0.3 is 5.73 Å². The monoisotopic (exact) mass is 301 g/mol. The van der Waals surface area contributed by atoms with Gasteiger partial charge in [0.05, 0.1) is 14.8 Å². The van der Waals surface area contributed by atoms with E-state index >= 15 is 0 Å². The smallest absolute Gasteiger partial charge is 0.0860 e. The van der Waals surface area contributed by atoms with Crippen LogP contribution in [0.25, 0.3) is 0 Å². The molecule has 0 atom stereocenters. The van der Waals surface area contributed by atoms with Crippen molar-refractivity contribution in [3.8, 4) is 0 Å². The molecular formula is C14H20ClNS2. The Bertz CT molecular complexity index is 403. The van der Waals surface area contributed by atoms with Crippen LogP contribution in [-0.4, -0.2) is 11.5 Å². The first-order valence-electron chi connectivity index (χ1n) is 6.51. The molecule has 4 heteroatoms. The summed E-state index contributed by atoms with van der Waals surface area (Å²) in [4.78, 5) is 0. The number of thioether (sulfide) groups is 2. The molecule has 1 saturated heterocycles. The van der Waals surface area contributed by atoms with E-state index in [9.17, 15) is 0 Å². The van der Waals surface area contributed by atoms with Crippen molar-refractivity contribution >= 4 is 40.8 Å². The number of nitrogens with two attached hydrogens (primary N) is 1. The van der Waals surface area contributed by atoms with Gasteiger partial charge >= 0.3 is 0 Å². The Hall–Kier alpha value is 0.01000. The van der Waals surface area contributed by atoms with Crippen molar-refractivity contribution in [1.29, 1.82) is 0 Å². The fourth-order valence-electron chi connectivity index (χ4n) is 2.22. The van der Waals surface area contributed by atoms with Crippen LogP contribution >= 0.6 is 35.1 Å². The standard InChI is InChI=1S/C14H20ClNS2/c1-2-3-7-14(17-8-4-9-18-14)11-5-6-12(15)13(16)10-11/h5-6,10H,2-4,7-9,16H2,1H3. The largest absolute Gasteiger partial charge is 0.398 e. The topological polar surface area (TPSA) is 26.0 Å². The highest BCUT2D eigenvalue weighted by molar-refractivity contribution is 8.18. The highest BCUT2D eigenvalue weighted by atomic mass is 35.5. The second kappa shape index (κ2) is 6.44. The van der Waals surface area contributed by atoms with Gasteiger partial charge in [0.15, 0.2) is 0 Å². The van der Waals surface area contributed by atoms with Crippen LogP contribution in [0.2, 0.25) is 5.02 Å². The number of nitrogen functional groups attached to an aromatic ring is 1. The summed E-state index contributed by atoms with van der Waals surface area (Å²) in [5, 5.41) is 0.662. The zero-order valence-corrected chi connectivity index (χ0v) is 13.1. The number of rotatable bonds is 4. The summed E-state index contributed by atoms with van der Waals surface area (Å²) in [6, 6.07) is 6.17. The van der Waals surface area contributed by atoms with Gasteiger partial charge in [0.1, 0.15) is 0 Å². The maximum absolute atomic E-state index is 6.03. The van der Waals surface area contributed by atoms with Gasteiger partial charge in [0, 0.05) is 0 Å². The normalized spacial score (nSPS) is 18.8.